The molecule has 210 valence electrons. The molecule has 5 unspecified atom stereocenters. The van der Waals surface area contributed by atoms with Gasteiger partial charge in [-0.15, -0.1) is 0 Å². The first-order valence-corrected chi connectivity index (χ1v) is 14.7. The Hall–Kier alpha value is -2.37. The molecule has 2 heterocycles. The summed E-state index contributed by atoms with van der Waals surface area (Å²) in [6.07, 6.45) is -2.19. The van der Waals surface area contributed by atoms with E-state index in [1.165, 1.54) is 36.5 Å². The Balaban J connectivity index is 1.77. The Morgan fingerprint density at radius 3 is 2.45 bits per heavy atom. The SMILES string of the molecule is Nc1ccn(C2CC(OCc3ccccc3[N+](=O)[O-])C(COP(=O)(O)OP(=O)(O)OP(=O)(O)O)O2)c(=O)n1. The number of ether oxygens (including phenoxy) is 2. The lowest BCUT2D eigenvalue weighted by Gasteiger charge is -2.21. The number of nitrogen functional groups attached to an aromatic ring is 1. The van der Waals surface area contributed by atoms with E-state index >= 15 is 0 Å². The van der Waals surface area contributed by atoms with Gasteiger partial charge in [-0.2, -0.15) is 13.6 Å². The van der Waals surface area contributed by atoms with Gasteiger partial charge < -0.3 is 34.8 Å². The molecule has 1 aliphatic rings. The smallest absolute Gasteiger partial charge is 0.383 e. The molecular formula is C16H21N4O15P3. The van der Waals surface area contributed by atoms with Gasteiger partial charge in [0.1, 0.15) is 18.1 Å². The summed E-state index contributed by atoms with van der Waals surface area (Å²) in [4.78, 5) is 62.7. The normalized spacial score (nSPS) is 23.0. The second kappa shape index (κ2) is 11.8. The Morgan fingerprint density at radius 2 is 1.82 bits per heavy atom. The summed E-state index contributed by atoms with van der Waals surface area (Å²) in [5.41, 5.74) is 4.61. The van der Waals surface area contributed by atoms with E-state index in [2.05, 4.69) is 18.1 Å². The molecule has 1 saturated heterocycles. The van der Waals surface area contributed by atoms with Crippen LogP contribution in [0.3, 0.4) is 0 Å². The maximum absolute atomic E-state index is 12.2. The zero-order valence-electron chi connectivity index (χ0n) is 18.9. The number of nitro benzene ring substituents is 1. The topological polar surface area (TPSA) is 282 Å². The fraction of sp³-hybridized carbons (Fsp3) is 0.375. The number of hydrogen-bond acceptors (Lipinski definition) is 13. The van der Waals surface area contributed by atoms with Gasteiger partial charge in [-0.05, 0) is 12.1 Å². The van der Waals surface area contributed by atoms with Gasteiger partial charge in [-0.3, -0.25) is 19.2 Å². The molecule has 0 aliphatic carbocycles. The molecule has 0 amide bonds. The van der Waals surface area contributed by atoms with E-state index < -0.39 is 59.1 Å². The predicted octanol–water partition coefficient (Wildman–Crippen LogP) is 0.950. The number of nitrogens with two attached hydrogens (primary N) is 1. The van der Waals surface area contributed by atoms with Gasteiger partial charge in [-0.1, -0.05) is 12.1 Å². The highest BCUT2D eigenvalue weighted by Crippen LogP contribution is 2.66. The molecule has 5 atom stereocenters. The average Bonchev–Trinajstić information content (AvgIpc) is 3.16. The van der Waals surface area contributed by atoms with E-state index in [0.29, 0.717) is 0 Å². The number of benzene rings is 1. The second-order valence-electron chi connectivity index (χ2n) is 7.53. The first kappa shape index (κ1) is 30.2. The number of phosphoric acid groups is 3. The zero-order chi connectivity index (χ0) is 28.3. The Labute approximate surface area is 212 Å². The van der Waals surface area contributed by atoms with Crippen molar-refractivity contribution in [1.29, 1.82) is 0 Å². The number of anilines is 1. The van der Waals surface area contributed by atoms with Crippen molar-refractivity contribution >= 4 is 35.0 Å². The minimum Gasteiger partial charge on any atom is -0.383 e. The van der Waals surface area contributed by atoms with E-state index in [1.807, 2.05) is 0 Å². The van der Waals surface area contributed by atoms with Crippen molar-refractivity contribution in [3.63, 3.8) is 0 Å². The average molecular weight is 602 g/mol. The molecule has 38 heavy (non-hydrogen) atoms. The molecule has 1 aromatic heterocycles. The Bertz CT molecular complexity index is 1380. The van der Waals surface area contributed by atoms with Crippen molar-refractivity contribution in [1.82, 2.24) is 9.55 Å². The summed E-state index contributed by atoms with van der Waals surface area (Å²) in [6, 6.07) is 6.96. The van der Waals surface area contributed by atoms with Gasteiger partial charge in [0.15, 0.2) is 0 Å². The van der Waals surface area contributed by atoms with Crippen LogP contribution < -0.4 is 11.4 Å². The van der Waals surface area contributed by atoms with Crippen molar-refractivity contribution < 1.29 is 60.8 Å². The molecule has 3 rings (SSSR count). The van der Waals surface area contributed by atoms with Gasteiger partial charge in [0, 0.05) is 18.7 Å². The van der Waals surface area contributed by atoms with Gasteiger partial charge in [0.05, 0.1) is 29.8 Å². The van der Waals surface area contributed by atoms with E-state index in [9.17, 15) is 38.4 Å². The number of para-hydroxylation sites is 1. The highest BCUT2D eigenvalue weighted by atomic mass is 31.3. The van der Waals surface area contributed by atoms with Gasteiger partial charge >= 0.3 is 29.2 Å². The molecule has 0 bridgehead atoms. The van der Waals surface area contributed by atoms with Crippen molar-refractivity contribution in [2.45, 2.75) is 31.5 Å². The van der Waals surface area contributed by atoms with Crippen LogP contribution in [0, 0.1) is 10.1 Å². The number of aromatic nitrogens is 2. The standard InChI is InChI=1S/C16H21N4O15P3/c17-14-5-6-19(16(21)18-14)15-7-12(31-8-10-3-1-2-4-11(10)20(22)23)13(33-15)9-32-37(27,28)35-38(29,30)34-36(24,25)26/h1-6,12-13,15H,7-9H2,(H,27,28)(H,29,30)(H2,17,18,21)(H2,24,25,26). The molecule has 0 radical (unpaired) electrons. The van der Waals surface area contributed by atoms with Gasteiger partial charge in [-0.25, -0.2) is 18.5 Å². The van der Waals surface area contributed by atoms with Crippen molar-refractivity contribution in [2.75, 3.05) is 12.3 Å². The van der Waals surface area contributed by atoms with Crippen LogP contribution in [0.2, 0.25) is 0 Å². The van der Waals surface area contributed by atoms with Crippen LogP contribution in [-0.4, -0.2) is 52.9 Å². The third kappa shape index (κ3) is 8.57. The fourth-order valence-electron chi connectivity index (χ4n) is 3.32. The quantitative estimate of drug-likeness (QED) is 0.128. The van der Waals surface area contributed by atoms with E-state index in [1.54, 1.807) is 0 Å². The maximum Gasteiger partial charge on any atom is 0.490 e. The Kier molecular flexibility index (Phi) is 9.36. The minimum absolute atomic E-state index is 0.0716. The third-order valence-corrected chi connectivity index (χ3v) is 8.60. The van der Waals surface area contributed by atoms with Crippen LogP contribution in [0.25, 0.3) is 0 Å². The van der Waals surface area contributed by atoms with Gasteiger partial charge in [0.25, 0.3) is 5.69 Å². The molecule has 19 nitrogen and oxygen atoms in total. The summed E-state index contributed by atoms with van der Waals surface area (Å²) in [7, 11) is -16.8. The van der Waals surface area contributed by atoms with Crippen LogP contribution in [0.5, 0.6) is 0 Å². The van der Waals surface area contributed by atoms with Crippen molar-refractivity contribution in [2.24, 2.45) is 0 Å². The van der Waals surface area contributed by atoms with Crippen LogP contribution in [0.4, 0.5) is 11.5 Å². The summed E-state index contributed by atoms with van der Waals surface area (Å²) >= 11 is 0. The molecule has 1 aliphatic heterocycles. The zero-order valence-corrected chi connectivity index (χ0v) is 21.5. The number of hydrogen-bond donors (Lipinski definition) is 5. The molecule has 0 saturated carbocycles. The summed E-state index contributed by atoms with van der Waals surface area (Å²) in [5.74, 6) is -0.0716. The number of nitrogens with zero attached hydrogens (tertiary/aromatic N) is 3. The molecular weight excluding hydrogens is 581 g/mol. The molecule has 2 aromatic rings. The van der Waals surface area contributed by atoms with E-state index in [4.69, 9.17) is 25.0 Å². The second-order valence-corrected chi connectivity index (χ2v) is 11.9. The molecule has 1 fully saturated rings. The highest BCUT2D eigenvalue weighted by molar-refractivity contribution is 7.66. The Morgan fingerprint density at radius 1 is 1.13 bits per heavy atom. The first-order valence-electron chi connectivity index (χ1n) is 10.2. The lowest BCUT2D eigenvalue weighted by Crippen LogP contribution is -2.29. The van der Waals surface area contributed by atoms with Gasteiger partial charge in [0.2, 0.25) is 0 Å². The summed E-state index contributed by atoms with van der Waals surface area (Å²) in [6.45, 7) is -1.20. The summed E-state index contributed by atoms with van der Waals surface area (Å²) in [5, 5.41) is 11.3. The third-order valence-electron chi connectivity index (χ3n) is 4.80. The lowest BCUT2D eigenvalue weighted by molar-refractivity contribution is -0.386. The fourth-order valence-corrected chi connectivity index (χ4v) is 6.35. The molecule has 0 spiro atoms. The monoisotopic (exact) mass is 602 g/mol. The minimum atomic E-state index is -5.75. The first-order chi connectivity index (χ1) is 17.6. The van der Waals surface area contributed by atoms with Crippen LogP contribution >= 0.6 is 23.5 Å². The van der Waals surface area contributed by atoms with Crippen LogP contribution in [0.15, 0.2) is 41.3 Å². The number of phosphoric ester groups is 1. The molecule has 22 heteroatoms. The van der Waals surface area contributed by atoms with Crippen LogP contribution in [0.1, 0.15) is 18.2 Å². The molecule has 6 N–H and O–H groups in total. The van der Waals surface area contributed by atoms with Crippen LogP contribution in [-0.2, 0) is 42.9 Å². The maximum atomic E-state index is 12.2. The molecule has 1 aromatic carbocycles. The van der Waals surface area contributed by atoms with Crippen molar-refractivity contribution in [3.05, 3.63) is 62.7 Å². The van der Waals surface area contributed by atoms with E-state index in [-0.39, 0.29) is 30.1 Å². The number of nitro groups is 1. The number of rotatable bonds is 12. The highest BCUT2D eigenvalue weighted by Gasteiger charge is 2.43. The van der Waals surface area contributed by atoms with E-state index in [0.717, 1.165) is 4.57 Å². The summed E-state index contributed by atoms with van der Waals surface area (Å²) < 4.78 is 58.8. The lowest BCUT2D eigenvalue weighted by atomic mass is 10.1. The van der Waals surface area contributed by atoms with Crippen molar-refractivity contribution in [3.8, 4) is 0 Å². The largest absolute Gasteiger partial charge is 0.490 e. The predicted molar refractivity (Wildman–Crippen MR) is 123 cm³/mol.